The zero-order valence-electron chi connectivity index (χ0n) is 7.00. The van der Waals surface area contributed by atoms with Crippen LogP contribution in [-0.2, 0) is 10.0 Å². The lowest BCUT2D eigenvalue weighted by molar-refractivity contribution is 0.242. The second kappa shape index (κ2) is 3.11. The molecule has 0 aliphatic heterocycles. The standard InChI is InChI=1S/C7H15NO2S/c1-3-6-4-7(5-6)8-11(2,9)10/h6-8H,3-5H2,1-2H3/t6-,7-. The van der Waals surface area contributed by atoms with E-state index >= 15 is 0 Å². The van der Waals surface area contributed by atoms with E-state index in [1.165, 1.54) is 12.7 Å². The molecule has 1 rings (SSSR count). The van der Waals surface area contributed by atoms with Gasteiger partial charge in [0.1, 0.15) is 0 Å². The molecule has 0 saturated heterocycles. The predicted octanol–water partition coefficient (Wildman–Crippen LogP) is 0.724. The van der Waals surface area contributed by atoms with Gasteiger partial charge in [0.05, 0.1) is 6.26 Å². The Kier molecular flexibility index (Phi) is 2.54. The molecule has 11 heavy (non-hydrogen) atoms. The number of nitrogens with one attached hydrogen (secondary N) is 1. The van der Waals surface area contributed by atoms with Crippen LogP contribution in [0.2, 0.25) is 0 Å². The highest BCUT2D eigenvalue weighted by atomic mass is 32.2. The third-order valence-electron chi connectivity index (χ3n) is 2.19. The van der Waals surface area contributed by atoms with Gasteiger partial charge < -0.3 is 0 Å². The Labute approximate surface area is 68.2 Å². The fraction of sp³-hybridized carbons (Fsp3) is 1.00. The normalized spacial score (nSPS) is 31.5. The zero-order valence-corrected chi connectivity index (χ0v) is 7.82. The molecule has 4 heteroatoms. The van der Waals surface area contributed by atoms with Crippen LogP contribution in [0, 0.1) is 5.92 Å². The van der Waals surface area contributed by atoms with Gasteiger partial charge in [-0.3, -0.25) is 0 Å². The molecule has 1 aliphatic rings. The summed E-state index contributed by atoms with van der Waals surface area (Å²) in [4.78, 5) is 0. The summed E-state index contributed by atoms with van der Waals surface area (Å²) in [5.41, 5.74) is 0. The molecule has 0 aromatic carbocycles. The summed E-state index contributed by atoms with van der Waals surface area (Å²) in [6, 6.07) is 0.218. The number of sulfonamides is 1. The summed E-state index contributed by atoms with van der Waals surface area (Å²) >= 11 is 0. The molecule has 0 spiro atoms. The van der Waals surface area contributed by atoms with Crippen LogP contribution in [0.15, 0.2) is 0 Å². The van der Waals surface area contributed by atoms with Gasteiger partial charge in [0.2, 0.25) is 10.0 Å². The predicted molar refractivity (Wildman–Crippen MR) is 44.8 cm³/mol. The van der Waals surface area contributed by atoms with Crippen LogP contribution in [0.5, 0.6) is 0 Å². The molecule has 0 heterocycles. The molecule has 0 unspecified atom stereocenters. The molecule has 0 aromatic heterocycles. The first-order chi connectivity index (χ1) is 5.01. The van der Waals surface area contributed by atoms with Crippen LogP contribution in [0.3, 0.4) is 0 Å². The van der Waals surface area contributed by atoms with Crippen molar-refractivity contribution in [1.29, 1.82) is 0 Å². The lowest BCUT2D eigenvalue weighted by atomic mass is 9.79. The molecule has 0 radical (unpaired) electrons. The van der Waals surface area contributed by atoms with E-state index in [-0.39, 0.29) is 6.04 Å². The van der Waals surface area contributed by atoms with Gasteiger partial charge in [-0.1, -0.05) is 13.3 Å². The van der Waals surface area contributed by atoms with Crippen LogP contribution < -0.4 is 4.72 Å². The monoisotopic (exact) mass is 177 g/mol. The molecule has 1 aliphatic carbocycles. The third-order valence-corrected chi connectivity index (χ3v) is 2.96. The summed E-state index contributed by atoms with van der Waals surface area (Å²) in [7, 11) is -2.97. The van der Waals surface area contributed by atoms with E-state index < -0.39 is 10.0 Å². The molecule has 66 valence electrons. The van der Waals surface area contributed by atoms with Crippen molar-refractivity contribution in [3.63, 3.8) is 0 Å². The average molecular weight is 177 g/mol. The molecule has 1 saturated carbocycles. The first kappa shape index (κ1) is 9.00. The summed E-state index contributed by atoms with van der Waals surface area (Å²) in [5.74, 6) is 0.745. The fourth-order valence-corrected chi connectivity index (χ4v) is 2.27. The van der Waals surface area contributed by atoms with Gasteiger partial charge in [-0.2, -0.15) is 0 Å². The Morgan fingerprint density at radius 3 is 2.36 bits per heavy atom. The third kappa shape index (κ3) is 2.79. The van der Waals surface area contributed by atoms with E-state index in [4.69, 9.17) is 0 Å². The van der Waals surface area contributed by atoms with E-state index in [1.807, 2.05) is 0 Å². The lowest BCUT2D eigenvalue weighted by Gasteiger charge is -2.34. The van der Waals surface area contributed by atoms with Crippen LogP contribution in [0.4, 0.5) is 0 Å². The van der Waals surface area contributed by atoms with Crippen molar-refractivity contribution in [2.75, 3.05) is 6.26 Å². The molecule has 0 atom stereocenters. The van der Waals surface area contributed by atoms with E-state index in [2.05, 4.69) is 11.6 Å². The smallest absolute Gasteiger partial charge is 0.208 e. The molecular formula is C7H15NO2S. The zero-order chi connectivity index (χ0) is 8.48. The maximum Gasteiger partial charge on any atom is 0.208 e. The van der Waals surface area contributed by atoms with Crippen molar-refractivity contribution < 1.29 is 8.42 Å². The number of hydrogen-bond donors (Lipinski definition) is 1. The second-order valence-electron chi connectivity index (χ2n) is 3.33. The van der Waals surface area contributed by atoms with Crippen LogP contribution in [-0.4, -0.2) is 20.7 Å². The molecular weight excluding hydrogens is 162 g/mol. The van der Waals surface area contributed by atoms with Crippen molar-refractivity contribution in [1.82, 2.24) is 4.72 Å². The van der Waals surface area contributed by atoms with Crippen LogP contribution >= 0.6 is 0 Å². The van der Waals surface area contributed by atoms with Gasteiger partial charge in [-0.05, 0) is 18.8 Å². The van der Waals surface area contributed by atoms with E-state index in [0.29, 0.717) is 0 Å². The van der Waals surface area contributed by atoms with Crippen molar-refractivity contribution in [2.24, 2.45) is 5.92 Å². The first-order valence-electron chi connectivity index (χ1n) is 3.98. The lowest BCUT2D eigenvalue weighted by Crippen LogP contribution is -2.43. The Morgan fingerprint density at radius 2 is 2.00 bits per heavy atom. The molecule has 1 N–H and O–H groups in total. The Morgan fingerprint density at radius 1 is 1.45 bits per heavy atom. The maximum atomic E-state index is 10.7. The van der Waals surface area contributed by atoms with Crippen LogP contribution in [0.25, 0.3) is 0 Å². The largest absolute Gasteiger partial charge is 0.213 e. The van der Waals surface area contributed by atoms with Crippen LogP contribution in [0.1, 0.15) is 26.2 Å². The quantitative estimate of drug-likeness (QED) is 0.690. The first-order valence-corrected chi connectivity index (χ1v) is 5.87. The van der Waals surface area contributed by atoms with E-state index in [9.17, 15) is 8.42 Å². The molecule has 0 aromatic rings. The van der Waals surface area contributed by atoms with Crippen molar-refractivity contribution in [2.45, 2.75) is 32.2 Å². The van der Waals surface area contributed by atoms with Crippen molar-refractivity contribution in [3.8, 4) is 0 Å². The topological polar surface area (TPSA) is 46.2 Å². The molecule has 0 amide bonds. The van der Waals surface area contributed by atoms with E-state index in [0.717, 1.165) is 18.8 Å². The van der Waals surface area contributed by atoms with Gasteiger partial charge in [-0.25, -0.2) is 13.1 Å². The Hall–Kier alpha value is -0.0900. The minimum atomic E-state index is -2.97. The Balaban J connectivity index is 2.24. The number of rotatable bonds is 3. The summed E-state index contributed by atoms with van der Waals surface area (Å²) in [5, 5.41) is 0. The van der Waals surface area contributed by atoms with Crippen molar-refractivity contribution >= 4 is 10.0 Å². The second-order valence-corrected chi connectivity index (χ2v) is 5.11. The molecule has 3 nitrogen and oxygen atoms in total. The fourth-order valence-electron chi connectivity index (χ4n) is 1.47. The minimum absolute atomic E-state index is 0.218. The summed E-state index contributed by atoms with van der Waals surface area (Å²) in [6.07, 6.45) is 4.42. The van der Waals surface area contributed by atoms with E-state index in [1.54, 1.807) is 0 Å². The van der Waals surface area contributed by atoms with Gasteiger partial charge in [0.25, 0.3) is 0 Å². The van der Waals surface area contributed by atoms with Gasteiger partial charge in [-0.15, -0.1) is 0 Å². The summed E-state index contributed by atoms with van der Waals surface area (Å²) in [6.45, 7) is 2.14. The Bertz CT molecular complexity index is 217. The SMILES string of the molecule is CC[C@H]1C[C@H](NS(C)(=O)=O)C1. The van der Waals surface area contributed by atoms with Gasteiger partial charge in [0, 0.05) is 6.04 Å². The highest BCUT2D eigenvalue weighted by Crippen LogP contribution is 2.29. The van der Waals surface area contributed by atoms with Crippen molar-refractivity contribution in [3.05, 3.63) is 0 Å². The maximum absolute atomic E-state index is 10.7. The number of hydrogen-bond acceptors (Lipinski definition) is 2. The van der Waals surface area contributed by atoms with Gasteiger partial charge >= 0.3 is 0 Å². The molecule has 1 fully saturated rings. The highest BCUT2D eigenvalue weighted by molar-refractivity contribution is 7.88. The van der Waals surface area contributed by atoms with Gasteiger partial charge in [0.15, 0.2) is 0 Å². The minimum Gasteiger partial charge on any atom is -0.213 e. The highest BCUT2D eigenvalue weighted by Gasteiger charge is 2.29. The summed E-state index contributed by atoms with van der Waals surface area (Å²) < 4.78 is 24.0. The average Bonchev–Trinajstić information content (AvgIpc) is 1.75. The molecule has 0 bridgehead atoms.